The number of benzene rings is 1. The Balaban J connectivity index is 1.81. The predicted molar refractivity (Wildman–Crippen MR) is 81.6 cm³/mol. The van der Waals surface area contributed by atoms with Gasteiger partial charge in [0.2, 0.25) is 0 Å². The summed E-state index contributed by atoms with van der Waals surface area (Å²) >= 11 is 0. The van der Waals surface area contributed by atoms with Crippen molar-refractivity contribution >= 4 is 16.5 Å². The standard InChI is InChI=1S/C16H18N4/c1-2-9-20-10-8-18-16(20)12-19-15-5-3-4-13-11-17-7-6-14(13)15/h3-8,10-11,19H,2,9,12H2,1H3. The maximum atomic E-state index is 4.42. The van der Waals surface area contributed by atoms with E-state index in [-0.39, 0.29) is 0 Å². The maximum Gasteiger partial charge on any atom is 0.128 e. The molecule has 0 fully saturated rings. The van der Waals surface area contributed by atoms with Crippen LogP contribution in [0.5, 0.6) is 0 Å². The van der Waals surface area contributed by atoms with Gasteiger partial charge in [0.1, 0.15) is 5.82 Å². The Hall–Kier alpha value is -2.36. The van der Waals surface area contributed by atoms with E-state index in [1.165, 1.54) is 5.39 Å². The molecule has 0 saturated carbocycles. The summed E-state index contributed by atoms with van der Waals surface area (Å²) in [5.41, 5.74) is 1.12. The smallest absolute Gasteiger partial charge is 0.128 e. The fraction of sp³-hybridized carbons (Fsp3) is 0.250. The lowest BCUT2D eigenvalue weighted by Crippen LogP contribution is -2.08. The van der Waals surface area contributed by atoms with Crippen molar-refractivity contribution in [1.29, 1.82) is 0 Å². The van der Waals surface area contributed by atoms with Crippen LogP contribution in [0, 0.1) is 0 Å². The Kier molecular flexibility index (Phi) is 3.63. The molecular weight excluding hydrogens is 248 g/mol. The van der Waals surface area contributed by atoms with Gasteiger partial charge < -0.3 is 9.88 Å². The summed E-state index contributed by atoms with van der Waals surface area (Å²) in [4.78, 5) is 8.58. The molecule has 0 radical (unpaired) electrons. The zero-order valence-electron chi connectivity index (χ0n) is 11.6. The minimum atomic E-state index is 0.731. The molecule has 0 saturated heterocycles. The molecule has 0 bridgehead atoms. The van der Waals surface area contributed by atoms with E-state index in [1.54, 1.807) is 0 Å². The summed E-state index contributed by atoms with van der Waals surface area (Å²) in [5.74, 6) is 1.07. The van der Waals surface area contributed by atoms with Crippen LogP contribution in [0.1, 0.15) is 19.2 Å². The van der Waals surface area contributed by atoms with E-state index in [0.717, 1.165) is 36.4 Å². The molecule has 0 spiro atoms. The number of aryl methyl sites for hydroxylation is 1. The van der Waals surface area contributed by atoms with Gasteiger partial charge in [-0.25, -0.2) is 4.98 Å². The summed E-state index contributed by atoms with van der Waals surface area (Å²) in [6, 6.07) is 8.25. The lowest BCUT2D eigenvalue weighted by molar-refractivity contribution is 0.644. The van der Waals surface area contributed by atoms with Crippen molar-refractivity contribution in [3.8, 4) is 0 Å². The van der Waals surface area contributed by atoms with Gasteiger partial charge in [0, 0.05) is 47.8 Å². The number of hydrogen-bond donors (Lipinski definition) is 1. The van der Waals surface area contributed by atoms with Gasteiger partial charge in [-0.05, 0) is 18.6 Å². The van der Waals surface area contributed by atoms with E-state index >= 15 is 0 Å². The van der Waals surface area contributed by atoms with Gasteiger partial charge in [-0.3, -0.25) is 4.98 Å². The fourth-order valence-electron chi connectivity index (χ4n) is 2.40. The zero-order chi connectivity index (χ0) is 13.8. The van der Waals surface area contributed by atoms with Crippen LogP contribution in [0.15, 0.2) is 49.1 Å². The molecule has 3 aromatic rings. The highest BCUT2D eigenvalue weighted by molar-refractivity contribution is 5.93. The number of anilines is 1. The fourth-order valence-corrected chi connectivity index (χ4v) is 2.40. The second kappa shape index (κ2) is 5.74. The van der Waals surface area contributed by atoms with Crippen LogP contribution in [-0.2, 0) is 13.1 Å². The van der Waals surface area contributed by atoms with E-state index < -0.39 is 0 Å². The first kappa shape index (κ1) is 12.7. The number of imidazole rings is 1. The minimum Gasteiger partial charge on any atom is -0.377 e. The van der Waals surface area contributed by atoms with Crippen LogP contribution in [0.3, 0.4) is 0 Å². The van der Waals surface area contributed by atoms with Crippen LogP contribution in [0.2, 0.25) is 0 Å². The molecule has 20 heavy (non-hydrogen) atoms. The van der Waals surface area contributed by atoms with Gasteiger partial charge in [0.05, 0.1) is 6.54 Å². The van der Waals surface area contributed by atoms with E-state index in [2.05, 4.69) is 38.9 Å². The maximum absolute atomic E-state index is 4.42. The third-order valence-electron chi connectivity index (χ3n) is 3.38. The van der Waals surface area contributed by atoms with Gasteiger partial charge in [-0.1, -0.05) is 19.1 Å². The molecule has 0 aliphatic heterocycles. The molecule has 4 nitrogen and oxygen atoms in total. The molecule has 0 aliphatic carbocycles. The summed E-state index contributed by atoms with van der Waals surface area (Å²) in [6.45, 7) is 3.92. The number of pyridine rings is 1. The van der Waals surface area contributed by atoms with Gasteiger partial charge in [-0.15, -0.1) is 0 Å². The largest absolute Gasteiger partial charge is 0.377 e. The third-order valence-corrected chi connectivity index (χ3v) is 3.38. The van der Waals surface area contributed by atoms with Crippen LogP contribution >= 0.6 is 0 Å². The molecule has 0 aliphatic rings. The molecule has 2 heterocycles. The first-order chi connectivity index (χ1) is 9.88. The normalized spacial score (nSPS) is 10.8. The SMILES string of the molecule is CCCn1ccnc1CNc1cccc2cnccc12. The van der Waals surface area contributed by atoms with Crippen LogP contribution in [0.4, 0.5) is 5.69 Å². The zero-order valence-corrected chi connectivity index (χ0v) is 11.6. The third kappa shape index (κ3) is 2.50. The van der Waals surface area contributed by atoms with Crippen LogP contribution in [-0.4, -0.2) is 14.5 Å². The Morgan fingerprint density at radius 3 is 3.05 bits per heavy atom. The monoisotopic (exact) mass is 266 g/mol. The molecule has 4 heteroatoms. The van der Waals surface area contributed by atoms with Crippen molar-refractivity contribution in [2.24, 2.45) is 0 Å². The Morgan fingerprint density at radius 2 is 2.15 bits per heavy atom. The second-order valence-corrected chi connectivity index (χ2v) is 4.79. The lowest BCUT2D eigenvalue weighted by atomic mass is 10.1. The molecule has 0 unspecified atom stereocenters. The van der Waals surface area contributed by atoms with E-state index in [0.29, 0.717) is 0 Å². The summed E-state index contributed by atoms with van der Waals surface area (Å²) < 4.78 is 2.19. The lowest BCUT2D eigenvalue weighted by Gasteiger charge is -2.11. The Labute approximate surface area is 118 Å². The average Bonchev–Trinajstić information content (AvgIpc) is 2.93. The summed E-state index contributed by atoms with van der Waals surface area (Å²) in [5, 5.41) is 5.82. The van der Waals surface area contributed by atoms with Crippen LogP contribution < -0.4 is 5.32 Å². The van der Waals surface area contributed by atoms with E-state index in [4.69, 9.17) is 0 Å². The van der Waals surface area contributed by atoms with Gasteiger partial charge >= 0.3 is 0 Å². The Bertz CT molecular complexity index is 697. The quantitative estimate of drug-likeness (QED) is 0.769. The van der Waals surface area contributed by atoms with E-state index in [9.17, 15) is 0 Å². The topological polar surface area (TPSA) is 42.7 Å². The predicted octanol–water partition coefficient (Wildman–Crippen LogP) is 3.45. The van der Waals surface area contributed by atoms with Crippen molar-refractivity contribution in [2.45, 2.75) is 26.4 Å². The minimum absolute atomic E-state index is 0.731. The first-order valence-corrected chi connectivity index (χ1v) is 6.95. The number of fused-ring (bicyclic) bond motifs is 1. The molecule has 102 valence electrons. The van der Waals surface area contributed by atoms with Gasteiger partial charge in [-0.2, -0.15) is 0 Å². The van der Waals surface area contributed by atoms with Gasteiger partial charge in [0.25, 0.3) is 0 Å². The highest BCUT2D eigenvalue weighted by atomic mass is 15.1. The highest BCUT2D eigenvalue weighted by Crippen LogP contribution is 2.22. The second-order valence-electron chi connectivity index (χ2n) is 4.79. The molecule has 1 N–H and O–H groups in total. The molecular formula is C16H18N4. The Morgan fingerprint density at radius 1 is 1.20 bits per heavy atom. The molecule has 3 rings (SSSR count). The van der Waals surface area contributed by atoms with Crippen molar-refractivity contribution in [3.05, 3.63) is 54.9 Å². The van der Waals surface area contributed by atoms with Crippen molar-refractivity contribution < 1.29 is 0 Å². The number of nitrogens with zero attached hydrogens (tertiary/aromatic N) is 3. The highest BCUT2D eigenvalue weighted by Gasteiger charge is 2.04. The molecule has 2 aromatic heterocycles. The summed E-state index contributed by atoms with van der Waals surface area (Å²) in [6.07, 6.45) is 8.72. The number of hydrogen-bond acceptors (Lipinski definition) is 3. The van der Waals surface area contributed by atoms with Crippen molar-refractivity contribution in [2.75, 3.05) is 5.32 Å². The van der Waals surface area contributed by atoms with Crippen molar-refractivity contribution in [1.82, 2.24) is 14.5 Å². The van der Waals surface area contributed by atoms with Gasteiger partial charge in [0.15, 0.2) is 0 Å². The number of aromatic nitrogens is 3. The first-order valence-electron chi connectivity index (χ1n) is 6.95. The number of rotatable bonds is 5. The summed E-state index contributed by atoms with van der Waals surface area (Å²) in [7, 11) is 0. The van der Waals surface area contributed by atoms with E-state index in [1.807, 2.05) is 36.9 Å². The average molecular weight is 266 g/mol. The molecule has 0 amide bonds. The number of nitrogens with one attached hydrogen (secondary N) is 1. The molecule has 0 atom stereocenters. The van der Waals surface area contributed by atoms with Crippen LogP contribution in [0.25, 0.3) is 10.8 Å². The van der Waals surface area contributed by atoms with Crippen molar-refractivity contribution in [3.63, 3.8) is 0 Å². The molecule has 1 aromatic carbocycles.